The number of ether oxygens (including phenoxy) is 2. The molecule has 0 spiro atoms. The number of nitrogens with one attached hydrogen (secondary N) is 1. The third kappa shape index (κ3) is 4.22. The summed E-state index contributed by atoms with van der Waals surface area (Å²) in [5.74, 6) is -0.216. The molecular weight excluding hydrogens is 409 g/mol. The molecule has 3 rings (SSSR count). The molecule has 2 aromatic heterocycles. The molecule has 0 aliphatic carbocycles. The second-order valence-corrected chi connectivity index (χ2v) is 7.97. The highest BCUT2D eigenvalue weighted by Crippen LogP contribution is 2.29. The van der Waals surface area contributed by atoms with E-state index in [0.29, 0.717) is 33.0 Å². The molecule has 30 heavy (non-hydrogen) atoms. The van der Waals surface area contributed by atoms with Crippen molar-refractivity contribution in [1.82, 2.24) is 14.9 Å². The molecular formula is C21H24FN3O4S. The number of aryl methyl sites for hydroxylation is 1. The van der Waals surface area contributed by atoms with Gasteiger partial charge in [0.25, 0.3) is 5.56 Å². The number of methoxy groups -OCH3 is 1. The number of hydrogen-bond acceptors (Lipinski definition) is 7. The fourth-order valence-electron chi connectivity index (χ4n) is 3.19. The largest absolute Gasteiger partial charge is 0.494 e. The molecule has 0 aliphatic rings. The Morgan fingerprint density at radius 2 is 2.13 bits per heavy atom. The number of benzene rings is 1. The number of nitrogens with zero attached hydrogens (tertiary/aromatic N) is 2. The number of fused-ring (bicyclic) bond motifs is 1. The maximum absolute atomic E-state index is 14.0. The van der Waals surface area contributed by atoms with Gasteiger partial charge in [0.1, 0.15) is 15.5 Å². The monoisotopic (exact) mass is 433 g/mol. The number of rotatable bonds is 7. The lowest BCUT2D eigenvalue weighted by molar-refractivity contribution is 0.0531. The molecule has 2 heterocycles. The van der Waals surface area contributed by atoms with Crippen LogP contribution in [0.5, 0.6) is 5.75 Å². The lowest BCUT2D eigenvalue weighted by atomic mass is 10.1. The topological polar surface area (TPSA) is 84.5 Å². The summed E-state index contributed by atoms with van der Waals surface area (Å²) in [6.07, 6.45) is 0. The van der Waals surface area contributed by atoms with Crippen molar-refractivity contribution >= 4 is 27.5 Å². The van der Waals surface area contributed by atoms with Crippen LogP contribution in [0.15, 0.2) is 23.0 Å². The van der Waals surface area contributed by atoms with Gasteiger partial charge in [0.15, 0.2) is 11.6 Å². The molecule has 7 nitrogen and oxygen atoms in total. The second-order valence-electron chi connectivity index (χ2n) is 6.97. The first-order valence-electron chi connectivity index (χ1n) is 9.49. The van der Waals surface area contributed by atoms with Crippen molar-refractivity contribution in [3.05, 3.63) is 56.2 Å². The SMILES string of the molecule is CCOC(=O)c1sc2nc(C(C)N(C)Cc3ccc(OC)c(F)c3)[nH]c(=O)c2c1C. The fourth-order valence-corrected chi connectivity index (χ4v) is 4.27. The summed E-state index contributed by atoms with van der Waals surface area (Å²) in [5.41, 5.74) is 1.04. The summed E-state index contributed by atoms with van der Waals surface area (Å²) in [4.78, 5) is 35.1. The van der Waals surface area contributed by atoms with E-state index >= 15 is 0 Å². The Kier molecular flexibility index (Phi) is 6.52. The van der Waals surface area contributed by atoms with Gasteiger partial charge in [-0.2, -0.15) is 0 Å². The maximum atomic E-state index is 14.0. The standard InChI is InChI=1S/C21H24FN3O4S/c1-6-29-21(27)17-11(2)16-19(26)23-18(24-20(16)30-17)12(3)25(4)10-13-7-8-15(28-5)14(22)9-13/h7-9,12H,6,10H2,1-5H3,(H,23,24,26). The summed E-state index contributed by atoms with van der Waals surface area (Å²) in [6, 6.07) is 4.55. The van der Waals surface area contributed by atoms with Crippen molar-refractivity contribution < 1.29 is 18.7 Å². The minimum Gasteiger partial charge on any atom is -0.494 e. The zero-order valence-electron chi connectivity index (χ0n) is 17.5. The molecule has 1 aromatic carbocycles. The van der Waals surface area contributed by atoms with Gasteiger partial charge in [-0.1, -0.05) is 6.07 Å². The number of esters is 1. The Hall–Kier alpha value is -2.78. The van der Waals surface area contributed by atoms with Crippen LogP contribution < -0.4 is 10.3 Å². The van der Waals surface area contributed by atoms with Gasteiger partial charge in [-0.05, 0) is 51.1 Å². The van der Waals surface area contributed by atoms with Gasteiger partial charge in [0, 0.05) is 6.54 Å². The van der Waals surface area contributed by atoms with Crippen LogP contribution in [-0.2, 0) is 11.3 Å². The number of carbonyl (C=O) groups excluding carboxylic acids is 1. The summed E-state index contributed by atoms with van der Waals surface area (Å²) >= 11 is 1.15. The lowest BCUT2D eigenvalue weighted by Gasteiger charge is -2.24. The number of thiophene rings is 1. The molecule has 0 aliphatic heterocycles. The molecule has 1 atom stereocenters. The van der Waals surface area contributed by atoms with Crippen molar-refractivity contribution in [3.8, 4) is 5.75 Å². The van der Waals surface area contributed by atoms with Gasteiger partial charge in [-0.3, -0.25) is 9.69 Å². The molecule has 1 unspecified atom stereocenters. The van der Waals surface area contributed by atoms with Crippen molar-refractivity contribution in [2.24, 2.45) is 0 Å². The van der Waals surface area contributed by atoms with E-state index < -0.39 is 11.8 Å². The molecule has 0 saturated carbocycles. The number of H-pyrrole nitrogens is 1. The molecule has 0 saturated heterocycles. The van der Waals surface area contributed by atoms with Crippen molar-refractivity contribution in [2.75, 3.05) is 20.8 Å². The highest BCUT2D eigenvalue weighted by atomic mass is 32.1. The first-order chi connectivity index (χ1) is 14.3. The number of hydrogen-bond donors (Lipinski definition) is 1. The van der Waals surface area contributed by atoms with E-state index in [4.69, 9.17) is 9.47 Å². The molecule has 1 N–H and O–H groups in total. The first-order valence-corrected chi connectivity index (χ1v) is 10.3. The van der Waals surface area contributed by atoms with Crippen LogP contribution in [0.3, 0.4) is 0 Å². The number of aromatic nitrogens is 2. The quantitative estimate of drug-likeness (QED) is 0.571. The number of carbonyl (C=O) groups is 1. The Bertz CT molecular complexity index is 1140. The van der Waals surface area contributed by atoms with E-state index in [1.807, 2.05) is 18.9 Å². The zero-order valence-corrected chi connectivity index (χ0v) is 18.4. The summed E-state index contributed by atoms with van der Waals surface area (Å²) in [6.45, 7) is 6.05. The minimum absolute atomic E-state index is 0.191. The van der Waals surface area contributed by atoms with Crippen LogP contribution in [0.4, 0.5) is 4.39 Å². The summed E-state index contributed by atoms with van der Waals surface area (Å²) < 4.78 is 24.0. The van der Waals surface area contributed by atoms with Gasteiger partial charge >= 0.3 is 5.97 Å². The summed E-state index contributed by atoms with van der Waals surface area (Å²) in [5, 5.41) is 0.402. The summed E-state index contributed by atoms with van der Waals surface area (Å²) in [7, 11) is 3.28. The van der Waals surface area contributed by atoms with E-state index in [9.17, 15) is 14.0 Å². The smallest absolute Gasteiger partial charge is 0.348 e. The Morgan fingerprint density at radius 1 is 1.40 bits per heavy atom. The van der Waals surface area contributed by atoms with Crippen LogP contribution in [-0.4, -0.2) is 41.6 Å². The van der Waals surface area contributed by atoms with Gasteiger partial charge in [0.2, 0.25) is 0 Å². The van der Waals surface area contributed by atoms with Gasteiger partial charge in [-0.15, -0.1) is 11.3 Å². The highest BCUT2D eigenvalue weighted by molar-refractivity contribution is 7.20. The fraction of sp³-hybridized carbons (Fsp3) is 0.381. The van der Waals surface area contributed by atoms with E-state index in [2.05, 4.69) is 9.97 Å². The van der Waals surface area contributed by atoms with Gasteiger partial charge in [-0.25, -0.2) is 14.2 Å². The van der Waals surface area contributed by atoms with Crippen LogP contribution in [0.1, 0.15) is 46.5 Å². The molecule has 0 fully saturated rings. The number of aromatic amines is 1. The molecule has 0 radical (unpaired) electrons. The zero-order chi connectivity index (χ0) is 22.0. The molecule has 9 heteroatoms. The predicted molar refractivity (Wildman–Crippen MR) is 114 cm³/mol. The first kappa shape index (κ1) is 21.9. The Balaban J connectivity index is 1.89. The minimum atomic E-state index is -0.453. The van der Waals surface area contributed by atoms with Crippen LogP contribution in [0, 0.1) is 12.7 Å². The third-order valence-corrected chi connectivity index (χ3v) is 6.15. The lowest BCUT2D eigenvalue weighted by Crippen LogP contribution is -2.26. The Morgan fingerprint density at radius 3 is 2.77 bits per heavy atom. The van der Waals surface area contributed by atoms with Gasteiger partial charge < -0.3 is 14.5 Å². The van der Waals surface area contributed by atoms with E-state index in [1.54, 1.807) is 26.0 Å². The van der Waals surface area contributed by atoms with Gasteiger partial charge in [0.05, 0.1) is 25.1 Å². The second kappa shape index (κ2) is 8.93. The maximum Gasteiger partial charge on any atom is 0.348 e. The van der Waals surface area contributed by atoms with E-state index in [0.717, 1.165) is 16.9 Å². The highest BCUT2D eigenvalue weighted by Gasteiger charge is 2.22. The van der Waals surface area contributed by atoms with Crippen molar-refractivity contribution in [3.63, 3.8) is 0 Å². The van der Waals surface area contributed by atoms with E-state index in [1.165, 1.54) is 13.2 Å². The van der Waals surface area contributed by atoms with Crippen molar-refractivity contribution in [1.29, 1.82) is 0 Å². The Labute approximate surface area is 177 Å². The van der Waals surface area contributed by atoms with Crippen LogP contribution in [0.2, 0.25) is 0 Å². The van der Waals surface area contributed by atoms with Crippen LogP contribution >= 0.6 is 11.3 Å². The molecule has 0 amide bonds. The third-order valence-electron chi connectivity index (χ3n) is 4.98. The molecule has 160 valence electrons. The molecule has 0 bridgehead atoms. The average molecular weight is 434 g/mol. The predicted octanol–water partition coefficient (Wildman–Crippen LogP) is 3.81. The van der Waals surface area contributed by atoms with E-state index in [-0.39, 0.29) is 24.0 Å². The van der Waals surface area contributed by atoms with Crippen molar-refractivity contribution in [2.45, 2.75) is 33.4 Å². The normalized spacial score (nSPS) is 12.4. The van der Waals surface area contributed by atoms with Crippen LogP contribution in [0.25, 0.3) is 10.2 Å². The average Bonchev–Trinajstić information content (AvgIpc) is 3.04. The molecule has 3 aromatic rings. The number of halogens is 1.